The number of halogens is 4. The highest BCUT2D eigenvalue weighted by molar-refractivity contribution is 9.10. The molecule has 0 saturated carbocycles. The molecule has 4 nitrogen and oxygen atoms in total. The fourth-order valence-corrected chi connectivity index (χ4v) is 5.08. The summed E-state index contributed by atoms with van der Waals surface area (Å²) in [6.45, 7) is 4.30. The Labute approximate surface area is 225 Å². The third-order valence-electron chi connectivity index (χ3n) is 4.92. The molecule has 9 heteroatoms. The van der Waals surface area contributed by atoms with Crippen LogP contribution < -0.4 is 10.1 Å². The molecule has 3 aromatic carbocycles. The van der Waals surface area contributed by atoms with E-state index in [1.807, 2.05) is 38.1 Å². The normalized spacial score (nSPS) is 15.8. The number of amidine groups is 1. The molecule has 0 bridgehead atoms. The van der Waals surface area contributed by atoms with Gasteiger partial charge in [-0.3, -0.25) is 4.79 Å². The molecule has 4 rings (SSSR count). The van der Waals surface area contributed by atoms with Crippen molar-refractivity contribution in [2.75, 3.05) is 0 Å². The molecule has 1 amide bonds. The first kappa shape index (κ1) is 25.1. The van der Waals surface area contributed by atoms with Crippen LogP contribution in [0, 0.1) is 13.8 Å². The third kappa shape index (κ3) is 5.99. The number of nitrogens with zero attached hydrogens (tertiary/aromatic N) is 1. The smallest absolute Gasteiger partial charge is 0.264 e. The fourth-order valence-electron chi connectivity index (χ4n) is 3.27. The molecule has 34 heavy (non-hydrogen) atoms. The van der Waals surface area contributed by atoms with Crippen LogP contribution in [0.5, 0.6) is 5.75 Å². The number of ether oxygens (including phenoxy) is 1. The summed E-state index contributed by atoms with van der Waals surface area (Å²) in [6.07, 6.45) is 1.72. The monoisotopic (exact) mass is 594 g/mol. The first-order chi connectivity index (χ1) is 16.2. The summed E-state index contributed by atoms with van der Waals surface area (Å²) in [7, 11) is 0. The van der Waals surface area contributed by atoms with Crippen molar-refractivity contribution in [2.45, 2.75) is 20.5 Å². The number of aliphatic imine (C=N–C) groups is 1. The van der Waals surface area contributed by atoms with E-state index in [-0.39, 0.29) is 5.91 Å². The first-order valence-corrected chi connectivity index (χ1v) is 12.9. The van der Waals surface area contributed by atoms with Gasteiger partial charge in [0, 0.05) is 9.50 Å². The van der Waals surface area contributed by atoms with Crippen LogP contribution in [-0.2, 0) is 11.4 Å². The van der Waals surface area contributed by atoms with Crippen molar-refractivity contribution in [3.8, 4) is 5.75 Å². The largest absolute Gasteiger partial charge is 0.486 e. The highest BCUT2D eigenvalue weighted by atomic mass is 79.9. The second-order valence-electron chi connectivity index (χ2n) is 7.60. The fraction of sp³-hybridized carbons (Fsp3) is 0.120. The number of hydrogen-bond donors (Lipinski definition) is 1. The molecule has 174 valence electrons. The second kappa shape index (κ2) is 10.8. The van der Waals surface area contributed by atoms with Gasteiger partial charge < -0.3 is 10.1 Å². The predicted octanol–water partition coefficient (Wildman–Crippen LogP) is 8.50. The van der Waals surface area contributed by atoms with Crippen LogP contribution in [0.15, 0.2) is 62.9 Å². The Morgan fingerprint density at radius 2 is 1.65 bits per heavy atom. The molecule has 0 radical (unpaired) electrons. The summed E-state index contributed by atoms with van der Waals surface area (Å²) in [6, 6.07) is 14.7. The van der Waals surface area contributed by atoms with E-state index in [1.165, 1.54) is 11.8 Å². The number of hydrogen-bond acceptors (Lipinski definition) is 4. The molecule has 1 saturated heterocycles. The Morgan fingerprint density at radius 1 is 1.03 bits per heavy atom. The molecule has 1 fully saturated rings. The maximum Gasteiger partial charge on any atom is 0.264 e. The van der Waals surface area contributed by atoms with Gasteiger partial charge in [0.25, 0.3) is 5.91 Å². The molecule has 0 unspecified atom stereocenters. The van der Waals surface area contributed by atoms with Crippen LogP contribution in [-0.4, -0.2) is 11.1 Å². The van der Waals surface area contributed by atoms with E-state index in [1.54, 1.807) is 30.3 Å². The average Bonchev–Trinajstić information content (AvgIpc) is 3.11. The summed E-state index contributed by atoms with van der Waals surface area (Å²) in [5.41, 5.74) is 4.54. The molecule has 1 heterocycles. The van der Waals surface area contributed by atoms with E-state index < -0.39 is 0 Å². The zero-order valence-electron chi connectivity index (χ0n) is 18.1. The zero-order chi connectivity index (χ0) is 24.4. The lowest BCUT2D eigenvalue weighted by atomic mass is 10.1. The Balaban J connectivity index is 1.51. The van der Waals surface area contributed by atoms with Crippen LogP contribution in [0.2, 0.25) is 15.1 Å². The molecule has 0 atom stereocenters. The molecule has 3 aromatic rings. The molecule has 1 N–H and O–H groups in total. The topological polar surface area (TPSA) is 50.7 Å². The van der Waals surface area contributed by atoms with E-state index in [0.717, 1.165) is 26.9 Å². The van der Waals surface area contributed by atoms with Crippen molar-refractivity contribution in [1.29, 1.82) is 0 Å². The van der Waals surface area contributed by atoms with E-state index in [0.29, 0.717) is 43.1 Å². The van der Waals surface area contributed by atoms with Gasteiger partial charge in [0.05, 0.1) is 20.6 Å². The molecular weight excluding hydrogens is 579 g/mol. The number of carbonyl (C=O) groups is 1. The van der Waals surface area contributed by atoms with Crippen LogP contribution in [0.4, 0.5) is 5.69 Å². The van der Waals surface area contributed by atoms with Crippen LogP contribution >= 0.6 is 62.5 Å². The maximum absolute atomic E-state index is 12.5. The quantitative estimate of drug-likeness (QED) is 0.301. The lowest BCUT2D eigenvalue weighted by Gasteiger charge is -2.11. The number of amides is 1. The van der Waals surface area contributed by atoms with Crippen LogP contribution in [0.1, 0.15) is 22.3 Å². The van der Waals surface area contributed by atoms with Gasteiger partial charge in [-0.2, -0.15) is 0 Å². The minimum atomic E-state index is -0.232. The van der Waals surface area contributed by atoms with Crippen molar-refractivity contribution >= 4 is 85.3 Å². The average molecular weight is 597 g/mol. The Bertz CT molecular complexity index is 1290. The highest BCUT2D eigenvalue weighted by Crippen LogP contribution is 2.37. The first-order valence-electron chi connectivity index (χ1n) is 10.1. The molecule has 0 aliphatic carbocycles. The Morgan fingerprint density at radius 3 is 2.26 bits per heavy atom. The minimum absolute atomic E-state index is 0.232. The van der Waals surface area contributed by atoms with E-state index in [9.17, 15) is 4.79 Å². The van der Waals surface area contributed by atoms with Crippen molar-refractivity contribution in [3.05, 3.63) is 95.2 Å². The summed E-state index contributed by atoms with van der Waals surface area (Å²) in [4.78, 5) is 17.6. The SMILES string of the molecule is Cc1cc(N=C2NC(=O)/C(=C/c3cc(Cl)c(OCc4ccc(Cl)cc4)c(Cl)c3)S2)cc(C)c1Br. The Kier molecular flexibility index (Phi) is 7.95. The summed E-state index contributed by atoms with van der Waals surface area (Å²) < 4.78 is 6.87. The van der Waals surface area contributed by atoms with E-state index in [4.69, 9.17) is 39.5 Å². The van der Waals surface area contributed by atoms with Gasteiger partial charge in [-0.1, -0.05) is 62.9 Å². The highest BCUT2D eigenvalue weighted by Gasteiger charge is 2.24. The molecular formula is C25H18BrCl3N2O2S. The van der Waals surface area contributed by atoms with Crippen molar-refractivity contribution in [1.82, 2.24) is 5.32 Å². The van der Waals surface area contributed by atoms with Crippen molar-refractivity contribution in [2.24, 2.45) is 4.99 Å². The summed E-state index contributed by atoms with van der Waals surface area (Å²) in [5.74, 6) is 0.150. The van der Waals surface area contributed by atoms with Crippen LogP contribution in [0.3, 0.4) is 0 Å². The third-order valence-corrected chi connectivity index (χ3v) is 7.89. The van der Waals surface area contributed by atoms with Crippen molar-refractivity contribution < 1.29 is 9.53 Å². The second-order valence-corrected chi connectivity index (χ2v) is 10.7. The van der Waals surface area contributed by atoms with Gasteiger partial charge in [0.1, 0.15) is 6.61 Å². The molecule has 0 spiro atoms. The van der Waals surface area contributed by atoms with Gasteiger partial charge in [-0.15, -0.1) is 0 Å². The number of carbonyl (C=O) groups excluding carboxylic acids is 1. The number of nitrogens with one attached hydrogen (secondary N) is 1. The van der Waals surface area contributed by atoms with E-state index >= 15 is 0 Å². The molecule has 1 aliphatic heterocycles. The number of thioether (sulfide) groups is 1. The summed E-state index contributed by atoms with van der Waals surface area (Å²) in [5, 5.41) is 4.68. The van der Waals surface area contributed by atoms with Gasteiger partial charge in [-0.05, 0) is 90.3 Å². The van der Waals surface area contributed by atoms with Gasteiger partial charge in [0.15, 0.2) is 10.9 Å². The number of aryl methyl sites for hydroxylation is 2. The predicted molar refractivity (Wildman–Crippen MR) is 147 cm³/mol. The van der Waals surface area contributed by atoms with Crippen molar-refractivity contribution in [3.63, 3.8) is 0 Å². The van der Waals surface area contributed by atoms with Gasteiger partial charge >= 0.3 is 0 Å². The van der Waals surface area contributed by atoms with Gasteiger partial charge in [-0.25, -0.2) is 4.99 Å². The van der Waals surface area contributed by atoms with Gasteiger partial charge in [0.2, 0.25) is 0 Å². The zero-order valence-corrected chi connectivity index (χ0v) is 22.8. The lowest BCUT2D eigenvalue weighted by Crippen LogP contribution is -2.19. The number of benzene rings is 3. The number of rotatable bonds is 5. The molecule has 0 aromatic heterocycles. The maximum atomic E-state index is 12.5. The summed E-state index contributed by atoms with van der Waals surface area (Å²) >= 11 is 23.6. The van der Waals surface area contributed by atoms with E-state index in [2.05, 4.69) is 26.2 Å². The molecule has 1 aliphatic rings. The lowest BCUT2D eigenvalue weighted by molar-refractivity contribution is -0.115. The minimum Gasteiger partial charge on any atom is -0.486 e. The van der Waals surface area contributed by atoms with Crippen LogP contribution in [0.25, 0.3) is 6.08 Å². The Hall–Kier alpha value is -1.96. The standard InChI is InChI=1S/C25H18BrCl3N2O2S/c1-13-7-18(8-14(2)22(13)26)30-25-31-24(32)21(34-25)11-16-9-19(28)23(20(29)10-16)33-12-15-3-5-17(27)6-4-15/h3-11H,12H2,1-2H3,(H,30,31,32)/b21-11-.